The van der Waals surface area contributed by atoms with Gasteiger partial charge in [0.05, 0.1) is 22.8 Å². The molecular formula is C21H18Cl2N2O4S. The van der Waals surface area contributed by atoms with E-state index in [1.165, 1.54) is 25.3 Å². The first kappa shape index (κ1) is 22.1. The fraction of sp³-hybridized carbons (Fsp3) is 0.0952. The summed E-state index contributed by atoms with van der Waals surface area (Å²) in [7, 11) is -2.59. The highest BCUT2D eigenvalue weighted by molar-refractivity contribution is 7.89. The summed E-state index contributed by atoms with van der Waals surface area (Å²) in [5.41, 5.74) is 1.23. The summed E-state index contributed by atoms with van der Waals surface area (Å²) in [6, 6.07) is 18.0. The normalized spacial score (nSPS) is 11.2. The number of methoxy groups -OCH3 is 1. The molecule has 1 amide bonds. The number of rotatable bonds is 7. The fourth-order valence-corrected chi connectivity index (χ4v) is 4.23. The molecule has 6 nitrogen and oxygen atoms in total. The molecule has 9 heteroatoms. The second-order valence-electron chi connectivity index (χ2n) is 6.23. The molecule has 156 valence electrons. The molecule has 0 aromatic heterocycles. The van der Waals surface area contributed by atoms with Gasteiger partial charge in [-0.3, -0.25) is 4.79 Å². The van der Waals surface area contributed by atoms with Crippen LogP contribution < -0.4 is 14.8 Å². The van der Waals surface area contributed by atoms with E-state index in [0.717, 1.165) is 5.56 Å². The lowest BCUT2D eigenvalue weighted by molar-refractivity contribution is 0.102. The molecule has 0 aliphatic heterocycles. The third-order valence-electron chi connectivity index (χ3n) is 4.22. The molecule has 0 aliphatic rings. The number of amides is 1. The zero-order chi connectivity index (χ0) is 21.7. The largest absolute Gasteiger partial charge is 0.495 e. The molecule has 0 saturated carbocycles. The summed E-state index contributed by atoms with van der Waals surface area (Å²) in [6.07, 6.45) is 0. The van der Waals surface area contributed by atoms with Crippen molar-refractivity contribution < 1.29 is 17.9 Å². The van der Waals surface area contributed by atoms with Gasteiger partial charge in [0.15, 0.2) is 0 Å². The van der Waals surface area contributed by atoms with E-state index in [0.29, 0.717) is 5.69 Å². The monoisotopic (exact) mass is 464 g/mol. The van der Waals surface area contributed by atoms with Crippen LogP contribution >= 0.6 is 23.2 Å². The van der Waals surface area contributed by atoms with Gasteiger partial charge in [0, 0.05) is 12.1 Å². The minimum absolute atomic E-state index is 0.0981. The van der Waals surface area contributed by atoms with Crippen molar-refractivity contribution in [2.24, 2.45) is 0 Å². The summed E-state index contributed by atoms with van der Waals surface area (Å²) >= 11 is 12.1. The van der Waals surface area contributed by atoms with Gasteiger partial charge in [-0.15, -0.1) is 0 Å². The summed E-state index contributed by atoms with van der Waals surface area (Å²) < 4.78 is 33.4. The van der Waals surface area contributed by atoms with Crippen LogP contribution in [0.5, 0.6) is 5.75 Å². The quantitative estimate of drug-likeness (QED) is 0.528. The smallest absolute Gasteiger partial charge is 0.255 e. The maximum Gasteiger partial charge on any atom is 0.255 e. The molecule has 3 aromatic rings. The second-order valence-corrected chi connectivity index (χ2v) is 8.75. The van der Waals surface area contributed by atoms with E-state index in [1.54, 1.807) is 30.3 Å². The van der Waals surface area contributed by atoms with Gasteiger partial charge in [-0.2, -0.15) is 0 Å². The predicted octanol–water partition coefficient (Wildman–Crippen LogP) is 4.73. The van der Waals surface area contributed by atoms with Gasteiger partial charge in [-0.25, -0.2) is 13.1 Å². The van der Waals surface area contributed by atoms with E-state index in [9.17, 15) is 13.2 Å². The zero-order valence-corrected chi connectivity index (χ0v) is 18.2. The van der Waals surface area contributed by atoms with E-state index >= 15 is 0 Å². The number of hydrogen-bond acceptors (Lipinski definition) is 4. The lowest BCUT2D eigenvalue weighted by Crippen LogP contribution is -2.24. The highest BCUT2D eigenvalue weighted by Gasteiger charge is 2.22. The fourth-order valence-electron chi connectivity index (χ4n) is 2.67. The van der Waals surface area contributed by atoms with Gasteiger partial charge < -0.3 is 10.1 Å². The van der Waals surface area contributed by atoms with Crippen LogP contribution in [0.1, 0.15) is 15.9 Å². The number of halogens is 2. The molecule has 0 radical (unpaired) electrons. The Morgan fingerprint density at radius 3 is 2.43 bits per heavy atom. The molecule has 0 unspecified atom stereocenters. The SMILES string of the molecule is COc1ccc(C(=O)Nc2cccc(Cl)c2Cl)cc1S(=O)(=O)NCc1ccccc1. The maximum absolute atomic E-state index is 12.9. The predicted molar refractivity (Wildman–Crippen MR) is 118 cm³/mol. The molecule has 0 fully saturated rings. The van der Waals surface area contributed by atoms with Crippen LogP contribution in [0.2, 0.25) is 10.0 Å². The van der Waals surface area contributed by atoms with Crippen LogP contribution in [0.3, 0.4) is 0 Å². The lowest BCUT2D eigenvalue weighted by atomic mass is 10.2. The Labute approximate surface area is 184 Å². The highest BCUT2D eigenvalue weighted by Crippen LogP contribution is 2.30. The van der Waals surface area contributed by atoms with Crippen molar-refractivity contribution in [2.45, 2.75) is 11.4 Å². The van der Waals surface area contributed by atoms with Gasteiger partial charge in [-0.05, 0) is 35.9 Å². The summed E-state index contributed by atoms with van der Waals surface area (Å²) in [4.78, 5) is 12.5. The second kappa shape index (κ2) is 9.49. The number of sulfonamides is 1. The van der Waals surface area contributed by atoms with Gasteiger partial charge >= 0.3 is 0 Å². The Morgan fingerprint density at radius 1 is 1.00 bits per heavy atom. The first-order chi connectivity index (χ1) is 14.3. The minimum atomic E-state index is -3.95. The van der Waals surface area contributed by atoms with Crippen LogP contribution in [0.25, 0.3) is 0 Å². The molecule has 0 saturated heterocycles. The highest BCUT2D eigenvalue weighted by atomic mass is 35.5. The van der Waals surface area contributed by atoms with E-state index in [-0.39, 0.29) is 32.8 Å². The molecule has 2 N–H and O–H groups in total. The Kier molecular flexibility index (Phi) is 6.99. The maximum atomic E-state index is 12.9. The number of carbonyl (C=O) groups excluding carboxylic acids is 1. The Morgan fingerprint density at radius 2 is 1.73 bits per heavy atom. The molecule has 3 rings (SSSR count). The number of benzene rings is 3. The van der Waals surface area contributed by atoms with E-state index in [1.807, 2.05) is 18.2 Å². The van der Waals surface area contributed by atoms with E-state index < -0.39 is 15.9 Å². The molecule has 3 aromatic carbocycles. The molecule has 0 aliphatic carbocycles. The number of nitrogens with one attached hydrogen (secondary N) is 2. The number of ether oxygens (including phenoxy) is 1. The van der Waals surface area contributed by atoms with Crippen molar-refractivity contribution in [3.05, 3.63) is 87.9 Å². The van der Waals surface area contributed by atoms with Crippen LogP contribution in [-0.2, 0) is 16.6 Å². The van der Waals surface area contributed by atoms with Crippen molar-refractivity contribution in [2.75, 3.05) is 12.4 Å². The van der Waals surface area contributed by atoms with Crippen LogP contribution in [0.15, 0.2) is 71.6 Å². The summed E-state index contributed by atoms with van der Waals surface area (Å²) in [5.74, 6) is -0.422. The number of anilines is 1. The van der Waals surface area contributed by atoms with Crippen molar-refractivity contribution in [3.8, 4) is 5.75 Å². The molecule has 0 bridgehead atoms. The third kappa shape index (κ3) is 5.12. The van der Waals surface area contributed by atoms with Crippen LogP contribution in [0.4, 0.5) is 5.69 Å². The van der Waals surface area contributed by atoms with Gasteiger partial charge in [0.25, 0.3) is 5.91 Å². The van der Waals surface area contributed by atoms with Crippen molar-refractivity contribution in [1.29, 1.82) is 0 Å². The van der Waals surface area contributed by atoms with E-state index in [2.05, 4.69) is 10.0 Å². The van der Waals surface area contributed by atoms with Crippen molar-refractivity contribution in [1.82, 2.24) is 4.72 Å². The van der Waals surface area contributed by atoms with Gasteiger partial charge in [0.1, 0.15) is 10.6 Å². The van der Waals surface area contributed by atoms with Crippen molar-refractivity contribution in [3.63, 3.8) is 0 Å². The minimum Gasteiger partial charge on any atom is -0.495 e. The van der Waals surface area contributed by atoms with Gasteiger partial charge in [-0.1, -0.05) is 59.6 Å². The zero-order valence-electron chi connectivity index (χ0n) is 15.9. The van der Waals surface area contributed by atoms with Gasteiger partial charge in [0.2, 0.25) is 10.0 Å². The first-order valence-corrected chi connectivity index (χ1v) is 11.0. The van der Waals surface area contributed by atoms with E-state index in [4.69, 9.17) is 27.9 Å². The summed E-state index contributed by atoms with van der Waals surface area (Å²) in [6.45, 7) is 0.0981. The average molecular weight is 465 g/mol. The molecular weight excluding hydrogens is 447 g/mol. The Hall–Kier alpha value is -2.58. The molecule has 0 atom stereocenters. The topological polar surface area (TPSA) is 84.5 Å². The lowest BCUT2D eigenvalue weighted by Gasteiger charge is -2.13. The van der Waals surface area contributed by atoms with Crippen LogP contribution in [-0.4, -0.2) is 21.4 Å². The van der Waals surface area contributed by atoms with Crippen molar-refractivity contribution >= 4 is 44.8 Å². The Bertz CT molecular complexity index is 1170. The standard InChI is InChI=1S/C21H18Cl2N2O4S/c1-29-18-11-10-15(21(26)25-17-9-5-8-16(22)20(17)23)12-19(18)30(27,28)24-13-14-6-3-2-4-7-14/h2-12,24H,13H2,1H3,(H,25,26). The first-order valence-electron chi connectivity index (χ1n) is 8.79. The average Bonchev–Trinajstić information content (AvgIpc) is 2.76. The summed E-state index contributed by atoms with van der Waals surface area (Å²) in [5, 5.41) is 3.11. The molecule has 30 heavy (non-hydrogen) atoms. The third-order valence-corrected chi connectivity index (χ3v) is 6.47. The molecule has 0 heterocycles. The number of hydrogen-bond donors (Lipinski definition) is 2. The molecule has 0 spiro atoms. The Balaban J connectivity index is 1.87. The van der Waals surface area contributed by atoms with Crippen LogP contribution in [0, 0.1) is 0 Å². The number of carbonyl (C=O) groups is 1.